The molecule has 0 aromatic carbocycles. The molecule has 0 aromatic rings. The van der Waals surface area contributed by atoms with E-state index in [1.54, 1.807) is 46.3 Å². The number of hydrogen-bond donors (Lipinski definition) is 9. The van der Waals surface area contributed by atoms with Gasteiger partial charge >= 0.3 is 101 Å². The van der Waals surface area contributed by atoms with E-state index in [-0.39, 0.29) is 95.3 Å². The van der Waals surface area contributed by atoms with Crippen LogP contribution in [0.1, 0.15) is 41.5 Å². The van der Waals surface area contributed by atoms with Gasteiger partial charge in [0.15, 0.2) is 29.2 Å². The van der Waals surface area contributed by atoms with Gasteiger partial charge in [-0.25, -0.2) is 22.7 Å². The van der Waals surface area contributed by atoms with Gasteiger partial charge in [0.25, 0.3) is 0 Å². The summed E-state index contributed by atoms with van der Waals surface area (Å²) >= 11 is 0. The van der Waals surface area contributed by atoms with Crippen LogP contribution in [-0.2, 0) is 57.8 Å². The van der Waals surface area contributed by atoms with E-state index in [9.17, 15) is 43.0 Å². The molecule has 11 N–H and O–H groups in total. The number of nitrogens with one attached hydrogen (secondary N) is 1. The average Bonchev–Trinajstić information content (AvgIpc) is 3.00. The summed E-state index contributed by atoms with van der Waals surface area (Å²) in [6.07, 6.45) is -17.2. The Morgan fingerprint density at radius 3 is 1.64 bits per heavy atom. The SMILES string of the molecule is CC(C)(C)OC1OC(COCC(=O)O)C(OC2OC(CO)C(OC3OC(COCC(=O)O)C(C(C)(C)C)C(O)C3N)C(O)C2NS(=O)(=O)[O-])C(O)C1N.[Na+].[Na+].[Na+]. The Morgan fingerprint density at radius 1 is 0.732 bits per heavy atom. The third-order valence-corrected chi connectivity index (χ3v) is 9.27. The molecule has 3 rings (SSSR count). The first-order chi connectivity index (χ1) is 24.3. The second-order valence-corrected chi connectivity index (χ2v) is 16.3. The molecule has 0 bridgehead atoms. The zero-order valence-corrected chi connectivity index (χ0v) is 40.1. The first-order valence-corrected chi connectivity index (χ1v) is 18.2. The maximum atomic E-state index is 12.0. The van der Waals surface area contributed by atoms with E-state index in [2.05, 4.69) is 0 Å². The second-order valence-electron chi connectivity index (χ2n) is 15.2. The fraction of sp³-hybridized carbons (Fsp3) is 0.933. The molecule has 3 heterocycles. The summed E-state index contributed by atoms with van der Waals surface area (Å²) in [6.45, 7) is 7.14. The van der Waals surface area contributed by atoms with Crippen molar-refractivity contribution in [2.45, 2.75) is 133 Å². The summed E-state index contributed by atoms with van der Waals surface area (Å²) in [5.41, 5.74) is 11.0. The third kappa shape index (κ3) is 16.5. The largest absolute Gasteiger partial charge is 1.00 e. The molecule has 0 radical (unpaired) electrons. The smallest absolute Gasteiger partial charge is 0.735 e. The summed E-state index contributed by atoms with van der Waals surface area (Å²) < 4.78 is 83.5. The number of aliphatic hydroxyl groups excluding tert-OH is 4. The predicted molar refractivity (Wildman–Crippen MR) is 174 cm³/mol. The van der Waals surface area contributed by atoms with Crippen molar-refractivity contribution in [3.8, 4) is 0 Å². The van der Waals surface area contributed by atoms with Gasteiger partial charge in [-0.05, 0) is 26.2 Å². The van der Waals surface area contributed by atoms with Gasteiger partial charge in [-0.3, -0.25) is 0 Å². The minimum atomic E-state index is -5.40. The maximum absolute atomic E-state index is 12.0. The van der Waals surface area contributed by atoms with Crippen LogP contribution in [-0.4, -0.2) is 180 Å². The molecule has 3 fully saturated rings. The Hall–Kier alpha value is 1.25. The van der Waals surface area contributed by atoms with Crippen LogP contribution < -0.4 is 105 Å². The number of hydrogen-bond acceptors (Lipinski definition) is 19. The fourth-order valence-corrected chi connectivity index (χ4v) is 7.06. The molecular weight excluding hydrogens is 807 g/mol. The normalized spacial score (nSPS) is 36.7. The maximum Gasteiger partial charge on any atom is 1.00 e. The number of aliphatic carboxylic acids is 2. The molecule has 26 heteroatoms. The van der Waals surface area contributed by atoms with Crippen molar-refractivity contribution in [2.24, 2.45) is 22.8 Å². The molecule has 15 atom stereocenters. The molecule has 3 aliphatic heterocycles. The van der Waals surface area contributed by atoms with Gasteiger partial charge in [-0.2, -0.15) is 0 Å². The van der Waals surface area contributed by atoms with Crippen LogP contribution in [0.5, 0.6) is 0 Å². The van der Waals surface area contributed by atoms with Crippen LogP contribution in [0.2, 0.25) is 0 Å². The first kappa shape index (κ1) is 57.2. The van der Waals surface area contributed by atoms with Crippen LogP contribution in [0.25, 0.3) is 0 Å². The Labute approximate surface area is 392 Å². The zero-order chi connectivity index (χ0) is 40.2. The number of aliphatic hydroxyl groups is 4. The standard InChI is InChI=1S/C30H55N3O19S.3Na/c1-29(2,3)17-13(8-45-10-15(35)36)48-26(18(31)21(17)39)50-24-12(7-34)47-28(20(23(24)41)33-53(42,43)44)51-25-14(9-46-11-16(37)38)49-27(19(32)22(25)40)52-30(4,5)6;;;/h12-14,17-28,33-34,39-41H,7-11,31-32H2,1-6H3,(H,35,36)(H,37,38)(H,42,43,44);;;/q;3*+1/p-1. The van der Waals surface area contributed by atoms with Gasteiger partial charge in [0.05, 0.1) is 49.7 Å². The molecule has 15 unspecified atom stereocenters. The van der Waals surface area contributed by atoms with Crippen molar-refractivity contribution in [1.82, 2.24) is 4.72 Å². The molecule has 0 aromatic heterocycles. The number of carboxylic acid groups (broad SMARTS) is 2. The van der Waals surface area contributed by atoms with E-state index in [0.717, 1.165) is 0 Å². The van der Waals surface area contributed by atoms with E-state index in [1.165, 1.54) is 0 Å². The minimum Gasteiger partial charge on any atom is -0.735 e. The van der Waals surface area contributed by atoms with Crippen LogP contribution in [0.15, 0.2) is 0 Å². The molecule has 310 valence electrons. The van der Waals surface area contributed by atoms with Crippen molar-refractivity contribution in [3.63, 3.8) is 0 Å². The molecule has 22 nitrogen and oxygen atoms in total. The predicted octanol–water partition coefficient (Wildman–Crippen LogP) is -13.2. The molecule has 56 heavy (non-hydrogen) atoms. The van der Waals surface area contributed by atoms with Gasteiger partial charge in [0, 0.05) is 5.92 Å². The van der Waals surface area contributed by atoms with Crippen LogP contribution in [0.3, 0.4) is 0 Å². The Kier molecular flexibility index (Phi) is 24.7. The van der Waals surface area contributed by atoms with Crippen LogP contribution in [0.4, 0.5) is 0 Å². The summed E-state index contributed by atoms with van der Waals surface area (Å²) in [7, 11) is -5.40. The Morgan fingerprint density at radius 2 is 1.18 bits per heavy atom. The van der Waals surface area contributed by atoms with Gasteiger partial charge in [-0.15, -0.1) is 0 Å². The van der Waals surface area contributed by atoms with Crippen molar-refractivity contribution in [1.29, 1.82) is 0 Å². The van der Waals surface area contributed by atoms with Crippen LogP contribution >= 0.6 is 0 Å². The van der Waals surface area contributed by atoms with Crippen molar-refractivity contribution < 1.29 is 180 Å². The molecule has 0 amide bonds. The number of nitrogens with two attached hydrogens (primary N) is 2. The van der Waals surface area contributed by atoms with Gasteiger partial charge in [0.2, 0.25) is 0 Å². The third-order valence-electron chi connectivity index (χ3n) is 8.71. The summed E-state index contributed by atoms with van der Waals surface area (Å²) in [5, 5.41) is 62.5. The summed E-state index contributed by atoms with van der Waals surface area (Å²) in [6, 6.07) is -4.65. The van der Waals surface area contributed by atoms with Crippen LogP contribution in [0, 0.1) is 11.3 Å². The van der Waals surface area contributed by atoms with E-state index >= 15 is 0 Å². The minimum absolute atomic E-state index is 0. The van der Waals surface area contributed by atoms with Gasteiger partial charge < -0.3 is 84.6 Å². The number of rotatable bonds is 16. The summed E-state index contributed by atoms with van der Waals surface area (Å²) in [5.74, 6) is -3.32. The van der Waals surface area contributed by atoms with Crippen molar-refractivity contribution >= 4 is 22.2 Å². The molecule has 3 aliphatic rings. The number of carbonyl (C=O) groups is 2. The van der Waals surface area contributed by atoms with Gasteiger partial charge in [-0.1, -0.05) is 20.8 Å². The number of carboxylic acids is 2. The van der Waals surface area contributed by atoms with Gasteiger partial charge in [0.1, 0.15) is 55.9 Å². The second kappa shape index (κ2) is 24.2. The Balaban J connectivity index is 0.0000101. The molecule has 3 saturated heterocycles. The molecule has 0 spiro atoms. The topological polar surface area (TPSA) is 351 Å². The first-order valence-electron chi connectivity index (χ1n) is 16.8. The quantitative estimate of drug-likeness (QED) is 0.0514. The zero-order valence-electron chi connectivity index (χ0n) is 33.2. The Bertz CT molecular complexity index is 1330. The van der Waals surface area contributed by atoms with E-state index in [0.29, 0.717) is 0 Å². The molecule has 0 saturated carbocycles. The monoisotopic (exact) mass is 861 g/mol. The number of ether oxygens (including phenoxy) is 8. The van der Waals surface area contributed by atoms with E-state index < -0.39 is 151 Å². The average molecular weight is 862 g/mol. The fourth-order valence-electron chi connectivity index (χ4n) is 6.48. The molecule has 0 aliphatic carbocycles. The van der Waals surface area contributed by atoms with Crippen molar-refractivity contribution in [3.05, 3.63) is 0 Å². The van der Waals surface area contributed by atoms with E-state index in [4.69, 9.17) is 59.6 Å². The summed E-state index contributed by atoms with van der Waals surface area (Å²) in [4.78, 5) is 22.2. The van der Waals surface area contributed by atoms with E-state index in [1.807, 2.05) is 0 Å². The molecular formula is C30H54N3Na3O19S+2. The van der Waals surface area contributed by atoms with Crippen molar-refractivity contribution in [2.75, 3.05) is 33.0 Å².